The summed E-state index contributed by atoms with van der Waals surface area (Å²) in [7, 11) is 4.01. The van der Waals surface area contributed by atoms with Crippen LogP contribution in [0.4, 0.5) is 11.4 Å². The summed E-state index contributed by atoms with van der Waals surface area (Å²) < 4.78 is 0. The monoisotopic (exact) mass is 379 g/mol. The van der Waals surface area contributed by atoms with Gasteiger partial charge < -0.3 is 15.5 Å². The van der Waals surface area contributed by atoms with Gasteiger partial charge in [0, 0.05) is 55.0 Å². The molecule has 0 atom stereocenters. The molecule has 25 heavy (non-hydrogen) atoms. The standard InChI is InChI=1S/C19H23Cl2N3O/c1-24(2)17-7-5-16(6-8-17)22-12-10-19(25)23-11-9-14-3-4-15(20)13-18(14)21/h3-8,13,22H,9-12H2,1-2H3,(H,23,25). The Bertz CT molecular complexity index is 702. The summed E-state index contributed by atoms with van der Waals surface area (Å²) in [5.74, 6) is 0.0162. The van der Waals surface area contributed by atoms with Crippen LogP contribution >= 0.6 is 23.2 Å². The van der Waals surface area contributed by atoms with E-state index in [0.29, 0.717) is 36.0 Å². The molecule has 0 fully saturated rings. The van der Waals surface area contributed by atoms with E-state index >= 15 is 0 Å². The molecule has 0 aromatic heterocycles. The van der Waals surface area contributed by atoms with Crippen LogP contribution < -0.4 is 15.5 Å². The number of anilines is 2. The second-order valence-corrected chi connectivity index (χ2v) is 6.80. The summed E-state index contributed by atoms with van der Waals surface area (Å²) in [6.45, 7) is 1.15. The number of rotatable bonds is 8. The SMILES string of the molecule is CN(C)c1ccc(NCCC(=O)NCCc2ccc(Cl)cc2Cl)cc1. The number of benzene rings is 2. The minimum atomic E-state index is 0.0162. The largest absolute Gasteiger partial charge is 0.385 e. The topological polar surface area (TPSA) is 44.4 Å². The van der Waals surface area contributed by atoms with Crippen LogP contribution in [0.5, 0.6) is 0 Å². The summed E-state index contributed by atoms with van der Waals surface area (Å²) in [5.41, 5.74) is 3.13. The van der Waals surface area contributed by atoms with Crippen molar-refractivity contribution in [3.05, 3.63) is 58.1 Å². The van der Waals surface area contributed by atoms with Crippen molar-refractivity contribution in [3.63, 3.8) is 0 Å². The van der Waals surface area contributed by atoms with Gasteiger partial charge in [0.15, 0.2) is 0 Å². The van der Waals surface area contributed by atoms with Crippen LogP contribution in [0.15, 0.2) is 42.5 Å². The molecule has 2 N–H and O–H groups in total. The van der Waals surface area contributed by atoms with E-state index in [0.717, 1.165) is 16.9 Å². The third kappa shape index (κ3) is 6.48. The molecular weight excluding hydrogens is 357 g/mol. The van der Waals surface area contributed by atoms with Crippen molar-refractivity contribution in [3.8, 4) is 0 Å². The van der Waals surface area contributed by atoms with Crippen molar-refractivity contribution < 1.29 is 4.79 Å². The van der Waals surface area contributed by atoms with Gasteiger partial charge in [-0.15, -0.1) is 0 Å². The highest BCUT2D eigenvalue weighted by atomic mass is 35.5. The quantitative estimate of drug-likeness (QED) is 0.721. The molecule has 6 heteroatoms. The molecule has 2 aromatic carbocycles. The van der Waals surface area contributed by atoms with Gasteiger partial charge in [0.1, 0.15) is 0 Å². The Morgan fingerprint density at radius 1 is 1.04 bits per heavy atom. The van der Waals surface area contributed by atoms with Gasteiger partial charge in [0.05, 0.1) is 0 Å². The minimum Gasteiger partial charge on any atom is -0.385 e. The molecule has 0 spiro atoms. The highest BCUT2D eigenvalue weighted by Gasteiger charge is 2.04. The van der Waals surface area contributed by atoms with E-state index in [2.05, 4.69) is 10.6 Å². The van der Waals surface area contributed by atoms with E-state index in [1.807, 2.05) is 49.3 Å². The van der Waals surface area contributed by atoms with Gasteiger partial charge >= 0.3 is 0 Å². The lowest BCUT2D eigenvalue weighted by molar-refractivity contribution is -0.120. The Morgan fingerprint density at radius 2 is 1.76 bits per heavy atom. The van der Waals surface area contributed by atoms with Gasteiger partial charge in [-0.2, -0.15) is 0 Å². The molecule has 2 rings (SSSR count). The zero-order valence-corrected chi connectivity index (χ0v) is 16.0. The van der Waals surface area contributed by atoms with E-state index in [1.165, 1.54) is 0 Å². The van der Waals surface area contributed by atoms with Crippen molar-refractivity contribution in [2.24, 2.45) is 0 Å². The van der Waals surface area contributed by atoms with Gasteiger partial charge in [-0.3, -0.25) is 4.79 Å². The van der Waals surface area contributed by atoms with Gasteiger partial charge in [-0.25, -0.2) is 0 Å². The number of amides is 1. The van der Waals surface area contributed by atoms with Crippen molar-refractivity contribution in [2.75, 3.05) is 37.4 Å². The number of nitrogens with zero attached hydrogens (tertiary/aromatic N) is 1. The van der Waals surface area contributed by atoms with Crippen LogP contribution in [-0.4, -0.2) is 33.1 Å². The molecule has 0 aliphatic rings. The van der Waals surface area contributed by atoms with Gasteiger partial charge in [0.2, 0.25) is 5.91 Å². The number of hydrogen-bond acceptors (Lipinski definition) is 3. The number of halogens is 2. The fourth-order valence-electron chi connectivity index (χ4n) is 2.35. The Labute approximate surface area is 159 Å². The lowest BCUT2D eigenvalue weighted by Gasteiger charge is -2.13. The molecule has 0 bridgehead atoms. The Hall–Kier alpha value is -1.91. The zero-order chi connectivity index (χ0) is 18.2. The number of carbonyl (C=O) groups is 1. The molecule has 0 unspecified atom stereocenters. The normalized spacial score (nSPS) is 10.4. The third-order valence-corrected chi connectivity index (χ3v) is 4.38. The second-order valence-electron chi connectivity index (χ2n) is 5.95. The Kier molecular flexibility index (Phi) is 7.41. The average Bonchev–Trinajstić information content (AvgIpc) is 2.57. The first-order valence-corrected chi connectivity index (χ1v) is 8.93. The first kappa shape index (κ1) is 19.4. The first-order chi connectivity index (χ1) is 12.0. The molecule has 0 saturated heterocycles. The second kappa shape index (κ2) is 9.54. The molecule has 4 nitrogen and oxygen atoms in total. The van der Waals surface area contributed by atoms with Crippen LogP contribution in [0.2, 0.25) is 10.0 Å². The Balaban J connectivity index is 1.67. The fourth-order valence-corrected chi connectivity index (χ4v) is 2.85. The molecule has 0 aliphatic carbocycles. The maximum Gasteiger partial charge on any atom is 0.221 e. The number of carbonyl (C=O) groups excluding carboxylic acids is 1. The van der Waals surface area contributed by atoms with E-state index in [4.69, 9.17) is 23.2 Å². The van der Waals surface area contributed by atoms with Crippen molar-refractivity contribution in [1.29, 1.82) is 0 Å². The molecule has 2 aromatic rings. The molecule has 134 valence electrons. The van der Waals surface area contributed by atoms with Crippen LogP contribution in [-0.2, 0) is 11.2 Å². The average molecular weight is 380 g/mol. The van der Waals surface area contributed by atoms with Crippen molar-refractivity contribution in [2.45, 2.75) is 12.8 Å². The molecule has 0 heterocycles. The van der Waals surface area contributed by atoms with Gasteiger partial charge in [0.25, 0.3) is 0 Å². The maximum absolute atomic E-state index is 11.9. The van der Waals surface area contributed by atoms with Crippen LogP contribution in [0.3, 0.4) is 0 Å². The highest BCUT2D eigenvalue weighted by Crippen LogP contribution is 2.21. The summed E-state index contributed by atoms with van der Waals surface area (Å²) in [5, 5.41) is 7.40. The lowest BCUT2D eigenvalue weighted by atomic mass is 10.1. The van der Waals surface area contributed by atoms with E-state index in [-0.39, 0.29) is 5.91 Å². The lowest BCUT2D eigenvalue weighted by Crippen LogP contribution is -2.27. The summed E-state index contributed by atoms with van der Waals surface area (Å²) in [6.07, 6.45) is 1.10. The first-order valence-electron chi connectivity index (χ1n) is 8.17. The number of hydrogen-bond donors (Lipinski definition) is 2. The van der Waals surface area contributed by atoms with E-state index < -0.39 is 0 Å². The zero-order valence-electron chi connectivity index (χ0n) is 14.5. The minimum absolute atomic E-state index is 0.0162. The molecular formula is C19H23Cl2N3O. The fraction of sp³-hybridized carbons (Fsp3) is 0.316. The number of nitrogens with one attached hydrogen (secondary N) is 2. The van der Waals surface area contributed by atoms with Crippen molar-refractivity contribution in [1.82, 2.24) is 5.32 Å². The predicted molar refractivity (Wildman–Crippen MR) is 107 cm³/mol. The molecule has 0 saturated carbocycles. The highest BCUT2D eigenvalue weighted by molar-refractivity contribution is 6.35. The molecule has 0 aliphatic heterocycles. The van der Waals surface area contributed by atoms with Crippen LogP contribution in [0.25, 0.3) is 0 Å². The van der Waals surface area contributed by atoms with Crippen molar-refractivity contribution >= 4 is 40.5 Å². The third-order valence-electron chi connectivity index (χ3n) is 3.80. The van der Waals surface area contributed by atoms with Gasteiger partial charge in [-0.05, 0) is 48.4 Å². The summed E-state index contributed by atoms with van der Waals surface area (Å²) in [4.78, 5) is 13.9. The molecule has 1 amide bonds. The summed E-state index contributed by atoms with van der Waals surface area (Å²) >= 11 is 12.0. The van der Waals surface area contributed by atoms with E-state index in [9.17, 15) is 4.79 Å². The summed E-state index contributed by atoms with van der Waals surface area (Å²) in [6, 6.07) is 13.5. The predicted octanol–water partition coefficient (Wildman–Crippen LogP) is 4.22. The van der Waals surface area contributed by atoms with Crippen LogP contribution in [0, 0.1) is 0 Å². The molecule has 0 radical (unpaired) electrons. The smallest absolute Gasteiger partial charge is 0.221 e. The Morgan fingerprint density at radius 3 is 2.40 bits per heavy atom. The van der Waals surface area contributed by atoms with Crippen LogP contribution in [0.1, 0.15) is 12.0 Å². The van der Waals surface area contributed by atoms with E-state index in [1.54, 1.807) is 12.1 Å². The van der Waals surface area contributed by atoms with Gasteiger partial charge in [-0.1, -0.05) is 29.3 Å². The maximum atomic E-state index is 11.9.